The summed E-state index contributed by atoms with van der Waals surface area (Å²) in [6.45, 7) is 1.00. The Morgan fingerprint density at radius 1 is 1.00 bits per heavy atom. The highest BCUT2D eigenvalue weighted by Crippen LogP contribution is 2.05. The summed E-state index contributed by atoms with van der Waals surface area (Å²) in [5.41, 5.74) is 1.88. The Balaban J connectivity index is 1.67. The van der Waals surface area contributed by atoms with Gasteiger partial charge in [-0.1, -0.05) is 30.3 Å². The number of amides is 1. The molecule has 104 valence electrons. The van der Waals surface area contributed by atoms with Crippen LogP contribution in [0.25, 0.3) is 0 Å². The fourth-order valence-electron chi connectivity index (χ4n) is 1.77. The summed E-state index contributed by atoms with van der Waals surface area (Å²) in [6.07, 6.45) is 0.399. The fraction of sp³-hybridized carbons (Fsp3) is 0.188. The third kappa shape index (κ3) is 4.72. The molecule has 0 aliphatic carbocycles. The van der Waals surface area contributed by atoms with Crippen LogP contribution in [0.4, 0.5) is 10.1 Å². The average molecular weight is 272 g/mol. The lowest BCUT2D eigenvalue weighted by molar-refractivity contribution is -0.121. The van der Waals surface area contributed by atoms with E-state index in [-0.39, 0.29) is 11.7 Å². The first kappa shape index (κ1) is 14.1. The van der Waals surface area contributed by atoms with Crippen LogP contribution in [0.1, 0.15) is 12.0 Å². The van der Waals surface area contributed by atoms with Gasteiger partial charge in [-0.15, -0.1) is 0 Å². The third-order valence-electron chi connectivity index (χ3n) is 2.86. The van der Waals surface area contributed by atoms with Crippen LogP contribution in [0.5, 0.6) is 0 Å². The Bertz CT molecular complexity index is 540. The minimum atomic E-state index is -0.271. The van der Waals surface area contributed by atoms with Crippen molar-refractivity contribution in [2.24, 2.45) is 0 Å². The molecule has 3 nitrogen and oxygen atoms in total. The van der Waals surface area contributed by atoms with Crippen LogP contribution in [0.15, 0.2) is 54.6 Å². The smallest absolute Gasteiger partial charge is 0.222 e. The molecule has 2 aromatic rings. The van der Waals surface area contributed by atoms with Crippen molar-refractivity contribution in [3.05, 3.63) is 66.0 Å². The summed E-state index contributed by atoms with van der Waals surface area (Å²) in [5, 5.41) is 5.97. The molecule has 0 saturated heterocycles. The van der Waals surface area contributed by atoms with Crippen molar-refractivity contribution in [2.45, 2.75) is 13.0 Å². The van der Waals surface area contributed by atoms with E-state index in [2.05, 4.69) is 10.6 Å². The van der Waals surface area contributed by atoms with Gasteiger partial charge in [0.2, 0.25) is 5.91 Å². The Morgan fingerprint density at radius 2 is 1.70 bits per heavy atom. The number of hydrogen-bond donors (Lipinski definition) is 2. The number of nitrogens with one attached hydrogen (secondary N) is 2. The summed E-state index contributed by atoms with van der Waals surface area (Å²) in [7, 11) is 0. The van der Waals surface area contributed by atoms with Crippen molar-refractivity contribution in [2.75, 3.05) is 11.9 Å². The maximum atomic E-state index is 12.7. The van der Waals surface area contributed by atoms with Gasteiger partial charge in [-0.3, -0.25) is 4.79 Å². The molecule has 0 aliphatic rings. The molecule has 2 aromatic carbocycles. The molecule has 0 saturated carbocycles. The van der Waals surface area contributed by atoms with Gasteiger partial charge in [-0.05, 0) is 29.8 Å². The van der Waals surface area contributed by atoms with E-state index in [9.17, 15) is 9.18 Å². The van der Waals surface area contributed by atoms with Gasteiger partial charge in [0.25, 0.3) is 0 Å². The maximum Gasteiger partial charge on any atom is 0.222 e. The average Bonchev–Trinajstić information content (AvgIpc) is 2.48. The van der Waals surface area contributed by atoms with Crippen molar-refractivity contribution in [1.29, 1.82) is 0 Å². The van der Waals surface area contributed by atoms with Crippen molar-refractivity contribution >= 4 is 11.6 Å². The van der Waals surface area contributed by atoms with Gasteiger partial charge in [0.1, 0.15) is 5.82 Å². The summed E-state index contributed by atoms with van der Waals surface area (Å²) >= 11 is 0. The zero-order valence-electron chi connectivity index (χ0n) is 11.1. The molecule has 0 aromatic heterocycles. The van der Waals surface area contributed by atoms with Crippen molar-refractivity contribution < 1.29 is 9.18 Å². The molecule has 0 spiro atoms. The largest absolute Gasteiger partial charge is 0.385 e. The van der Waals surface area contributed by atoms with Crippen LogP contribution >= 0.6 is 0 Å². The van der Waals surface area contributed by atoms with Crippen molar-refractivity contribution in [3.8, 4) is 0 Å². The lowest BCUT2D eigenvalue weighted by atomic mass is 10.2. The van der Waals surface area contributed by atoms with E-state index in [1.165, 1.54) is 12.1 Å². The van der Waals surface area contributed by atoms with Crippen LogP contribution in [-0.4, -0.2) is 12.5 Å². The van der Waals surface area contributed by atoms with Crippen molar-refractivity contribution in [1.82, 2.24) is 5.32 Å². The predicted molar refractivity (Wildman–Crippen MR) is 77.8 cm³/mol. The lowest BCUT2D eigenvalue weighted by Crippen LogP contribution is -2.24. The second kappa shape index (κ2) is 7.28. The van der Waals surface area contributed by atoms with E-state index in [0.29, 0.717) is 19.5 Å². The quantitative estimate of drug-likeness (QED) is 0.849. The highest BCUT2D eigenvalue weighted by Gasteiger charge is 2.01. The molecule has 0 fully saturated rings. The third-order valence-corrected chi connectivity index (χ3v) is 2.86. The van der Waals surface area contributed by atoms with Crippen LogP contribution in [0.2, 0.25) is 0 Å². The molecule has 0 aliphatic heterocycles. The van der Waals surface area contributed by atoms with Gasteiger partial charge in [-0.25, -0.2) is 4.39 Å². The van der Waals surface area contributed by atoms with Crippen LogP contribution in [0.3, 0.4) is 0 Å². The first-order valence-electron chi connectivity index (χ1n) is 6.54. The predicted octanol–water partition coefficient (Wildman–Crippen LogP) is 2.94. The first-order chi connectivity index (χ1) is 9.74. The second-order valence-corrected chi connectivity index (χ2v) is 4.45. The Labute approximate surface area is 117 Å². The molecule has 20 heavy (non-hydrogen) atoms. The van der Waals surface area contributed by atoms with E-state index >= 15 is 0 Å². The van der Waals surface area contributed by atoms with E-state index in [4.69, 9.17) is 0 Å². The minimum Gasteiger partial charge on any atom is -0.385 e. The summed E-state index contributed by atoms with van der Waals surface area (Å²) in [5.74, 6) is -0.301. The number of carbonyl (C=O) groups is 1. The minimum absolute atomic E-state index is 0.0299. The molecule has 0 unspecified atom stereocenters. The number of anilines is 1. The number of halogens is 1. The molecule has 2 N–H and O–H groups in total. The van der Waals surface area contributed by atoms with E-state index in [0.717, 1.165) is 11.3 Å². The number of rotatable bonds is 6. The highest BCUT2D eigenvalue weighted by molar-refractivity contribution is 5.76. The van der Waals surface area contributed by atoms with Crippen LogP contribution in [0, 0.1) is 5.82 Å². The van der Waals surface area contributed by atoms with E-state index < -0.39 is 0 Å². The fourth-order valence-corrected chi connectivity index (χ4v) is 1.77. The van der Waals surface area contributed by atoms with Crippen LogP contribution in [-0.2, 0) is 11.3 Å². The SMILES string of the molecule is O=C(CCNc1ccccc1)NCc1ccc(F)cc1. The molecule has 0 bridgehead atoms. The highest BCUT2D eigenvalue weighted by atomic mass is 19.1. The normalized spacial score (nSPS) is 10.1. The molecule has 0 atom stereocenters. The first-order valence-corrected chi connectivity index (χ1v) is 6.54. The summed E-state index contributed by atoms with van der Waals surface area (Å²) < 4.78 is 12.7. The van der Waals surface area contributed by atoms with E-state index in [1.54, 1.807) is 12.1 Å². The van der Waals surface area contributed by atoms with Gasteiger partial charge in [0.15, 0.2) is 0 Å². The molecule has 4 heteroatoms. The summed E-state index contributed by atoms with van der Waals surface area (Å²) in [4.78, 5) is 11.6. The van der Waals surface area contributed by atoms with Gasteiger partial charge < -0.3 is 10.6 Å². The van der Waals surface area contributed by atoms with Gasteiger partial charge in [0, 0.05) is 25.2 Å². The number of benzene rings is 2. The summed E-state index contributed by atoms with van der Waals surface area (Å²) in [6, 6.07) is 15.8. The molecular formula is C16H17FN2O. The Kier molecular flexibility index (Phi) is 5.12. The Morgan fingerprint density at radius 3 is 2.40 bits per heavy atom. The van der Waals surface area contributed by atoms with Gasteiger partial charge in [-0.2, -0.15) is 0 Å². The number of carbonyl (C=O) groups excluding carboxylic acids is 1. The molecule has 2 rings (SSSR count). The van der Waals surface area contributed by atoms with Gasteiger partial charge >= 0.3 is 0 Å². The topological polar surface area (TPSA) is 41.1 Å². The van der Waals surface area contributed by atoms with Gasteiger partial charge in [0.05, 0.1) is 0 Å². The standard InChI is InChI=1S/C16H17FN2O/c17-14-8-6-13(7-9-14)12-19-16(20)10-11-18-15-4-2-1-3-5-15/h1-9,18H,10-12H2,(H,19,20). The molecule has 1 amide bonds. The molecule has 0 radical (unpaired) electrons. The van der Waals surface area contributed by atoms with E-state index in [1.807, 2.05) is 30.3 Å². The molecule has 0 heterocycles. The monoisotopic (exact) mass is 272 g/mol. The van der Waals surface area contributed by atoms with Crippen molar-refractivity contribution in [3.63, 3.8) is 0 Å². The number of hydrogen-bond acceptors (Lipinski definition) is 2. The lowest BCUT2D eigenvalue weighted by Gasteiger charge is -2.07. The Hall–Kier alpha value is -2.36. The number of para-hydroxylation sites is 1. The zero-order chi connectivity index (χ0) is 14.2. The second-order valence-electron chi connectivity index (χ2n) is 4.45. The maximum absolute atomic E-state index is 12.7. The molecular weight excluding hydrogens is 255 g/mol. The zero-order valence-corrected chi connectivity index (χ0v) is 11.1. The van der Waals surface area contributed by atoms with Crippen LogP contribution < -0.4 is 10.6 Å².